The maximum Gasteiger partial charge on any atom is 0.358 e. The van der Waals surface area contributed by atoms with E-state index in [0.717, 1.165) is 12.8 Å². The molecule has 2 N–H and O–H groups in total. The summed E-state index contributed by atoms with van der Waals surface area (Å²) in [5.74, 6) is -0.684. The second-order valence-corrected chi connectivity index (χ2v) is 5.54. The minimum Gasteiger partial charge on any atom is -0.476 e. The molecule has 0 bridgehead atoms. The fraction of sp³-hybridized carbons (Fsp3) is 0.538. The number of aliphatic hydroxyl groups is 1. The smallest absolute Gasteiger partial charge is 0.358 e. The van der Waals surface area contributed by atoms with Crippen LogP contribution in [0.5, 0.6) is 0 Å². The average Bonchev–Trinajstić information content (AvgIpc) is 3.10. The fourth-order valence-corrected chi connectivity index (χ4v) is 2.85. The molecular formula is C13H17N5O3. The van der Waals surface area contributed by atoms with Crippen molar-refractivity contribution >= 4 is 5.97 Å². The van der Waals surface area contributed by atoms with Crippen LogP contribution in [0.15, 0.2) is 12.4 Å². The zero-order valence-electron chi connectivity index (χ0n) is 11.7. The summed E-state index contributed by atoms with van der Waals surface area (Å²) in [6.45, 7) is 0.232. The van der Waals surface area contributed by atoms with E-state index in [1.165, 1.54) is 4.68 Å². The Bertz CT molecular complexity index is 669. The Kier molecular flexibility index (Phi) is 3.25. The number of aryl methyl sites for hydroxylation is 1. The summed E-state index contributed by atoms with van der Waals surface area (Å²) < 4.78 is 3.16. The van der Waals surface area contributed by atoms with E-state index in [1.807, 2.05) is 0 Å². The molecule has 8 nitrogen and oxygen atoms in total. The third-order valence-electron chi connectivity index (χ3n) is 3.95. The third kappa shape index (κ3) is 2.42. The predicted molar refractivity (Wildman–Crippen MR) is 72.6 cm³/mol. The van der Waals surface area contributed by atoms with Crippen molar-refractivity contribution in [2.45, 2.75) is 37.8 Å². The van der Waals surface area contributed by atoms with Crippen molar-refractivity contribution < 1.29 is 15.0 Å². The molecule has 0 aliphatic heterocycles. The van der Waals surface area contributed by atoms with Crippen molar-refractivity contribution in [2.75, 3.05) is 0 Å². The molecule has 0 aromatic carbocycles. The highest BCUT2D eigenvalue weighted by molar-refractivity contribution is 5.91. The average molecular weight is 291 g/mol. The molecular weight excluding hydrogens is 274 g/mol. The lowest BCUT2D eigenvalue weighted by atomic mass is 10.0. The van der Waals surface area contributed by atoms with Gasteiger partial charge in [-0.05, 0) is 12.8 Å². The van der Waals surface area contributed by atoms with Gasteiger partial charge in [-0.15, -0.1) is 5.10 Å². The summed E-state index contributed by atoms with van der Waals surface area (Å²) in [6, 6.07) is 0. The largest absolute Gasteiger partial charge is 0.476 e. The molecule has 0 radical (unpaired) electrons. The summed E-state index contributed by atoms with van der Waals surface area (Å²) in [7, 11) is 1.77. The van der Waals surface area contributed by atoms with Crippen molar-refractivity contribution in [2.24, 2.45) is 7.05 Å². The maximum atomic E-state index is 11.3. The van der Waals surface area contributed by atoms with Crippen LogP contribution in [-0.4, -0.2) is 46.3 Å². The van der Waals surface area contributed by atoms with Gasteiger partial charge >= 0.3 is 5.97 Å². The summed E-state index contributed by atoms with van der Waals surface area (Å²) >= 11 is 0. The molecule has 0 unspecified atom stereocenters. The first-order valence-electron chi connectivity index (χ1n) is 6.87. The molecule has 2 aromatic rings. The Morgan fingerprint density at radius 3 is 2.71 bits per heavy atom. The van der Waals surface area contributed by atoms with Gasteiger partial charge in [-0.1, -0.05) is 18.1 Å². The SMILES string of the molecule is Cn1ccnc1-c1c(C(=O)O)nnn1CC1(O)CCCC1. The van der Waals surface area contributed by atoms with Gasteiger partial charge in [-0.2, -0.15) is 0 Å². The van der Waals surface area contributed by atoms with Gasteiger partial charge in [0.1, 0.15) is 5.69 Å². The monoisotopic (exact) mass is 291 g/mol. The first-order valence-corrected chi connectivity index (χ1v) is 6.87. The number of hydrogen-bond acceptors (Lipinski definition) is 5. The number of carboxylic acids is 1. The fourth-order valence-electron chi connectivity index (χ4n) is 2.85. The second-order valence-electron chi connectivity index (χ2n) is 5.54. The number of rotatable bonds is 4. The van der Waals surface area contributed by atoms with Crippen molar-refractivity contribution in [1.29, 1.82) is 0 Å². The van der Waals surface area contributed by atoms with Crippen LogP contribution in [0, 0.1) is 0 Å². The van der Waals surface area contributed by atoms with Gasteiger partial charge in [0.2, 0.25) is 5.69 Å². The number of aromatic carboxylic acids is 1. The highest BCUT2D eigenvalue weighted by Gasteiger charge is 2.34. The first kappa shape index (κ1) is 13.7. The Hall–Kier alpha value is -2.22. The van der Waals surface area contributed by atoms with Crippen LogP contribution >= 0.6 is 0 Å². The minimum absolute atomic E-state index is 0.147. The Morgan fingerprint density at radius 1 is 1.43 bits per heavy atom. The van der Waals surface area contributed by atoms with Crippen LogP contribution in [0.1, 0.15) is 36.2 Å². The number of imidazole rings is 1. The standard InChI is InChI=1S/C13H17N5O3/c1-17-7-6-14-11(17)10-9(12(19)20)15-16-18(10)8-13(21)4-2-3-5-13/h6-7,21H,2-5,8H2,1H3,(H,19,20). The van der Waals surface area contributed by atoms with Crippen molar-refractivity contribution in [3.8, 4) is 11.5 Å². The highest BCUT2D eigenvalue weighted by atomic mass is 16.4. The van der Waals surface area contributed by atoms with Crippen molar-refractivity contribution in [1.82, 2.24) is 24.5 Å². The van der Waals surface area contributed by atoms with E-state index in [2.05, 4.69) is 15.3 Å². The van der Waals surface area contributed by atoms with Crippen molar-refractivity contribution in [3.63, 3.8) is 0 Å². The molecule has 1 aliphatic carbocycles. The van der Waals surface area contributed by atoms with E-state index in [9.17, 15) is 15.0 Å². The number of carboxylic acid groups (broad SMARTS) is 1. The van der Waals surface area contributed by atoms with E-state index >= 15 is 0 Å². The Morgan fingerprint density at radius 2 is 2.14 bits per heavy atom. The molecule has 8 heteroatoms. The van der Waals surface area contributed by atoms with Crippen LogP contribution in [0.25, 0.3) is 11.5 Å². The van der Waals surface area contributed by atoms with Gasteiger partial charge in [0.15, 0.2) is 5.82 Å². The molecule has 2 heterocycles. The topological polar surface area (TPSA) is 106 Å². The number of aromatic nitrogens is 5. The van der Waals surface area contributed by atoms with Gasteiger partial charge in [-0.3, -0.25) is 0 Å². The van der Waals surface area contributed by atoms with Gasteiger partial charge in [0, 0.05) is 19.4 Å². The van der Waals surface area contributed by atoms with Gasteiger partial charge in [0.25, 0.3) is 0 Å². The molecule has 0 amide bonds. The number of carbonyl (C=O) groups is 1. The molecule has 1 fully saturated rings. The number of hydrogen-bond donors (Lipinski definition) is 2. The van der Waals surface area contributed by atoms with E-state index in [4.69, 9.17) is 0 Å². The Balaban J connectivity index is 2.05. The Labute approximate surface area is 121 Å². The van der Waals surface area contributed by atoms with E-state index < -0.39 is 11.6 Å². The van der Waals surface area contributed by atoms with Gasteiger partial charge in [-0.25, -0.2) is 14.5 Å². The zero-order valence-corrected chi connectivity index (χ0v) is 11.7. The quantitative estimate of drug-likeness (QED) is 0.858. The highest BCUT2D eigenvalue weighted by Crippen LogP contribution is 2.32. The van der Waals surface area contributed by atoms with Crippen LogP contribution in [0.2, 0.25) is 0 Å². The molecule has 0 atom stereocenters. The lowest BCUT2D eigenvalue weighted by Crippen LogP contribution is -2.31. The van der Waals surface area contributed by atoms with Crippen molar-refractivity contribution in [3.05, 3.63) is 18.1 Å². The predicted octanol–water partition coefficient (Wildman–Crippen LogP) is 0.682. The second kappa shape index (κ2) is 4.96. The lowest BCUT2D eigenvalue weighted by molar-refractivity contribution is 0.0264. The van der Waals surface area contributed by atoms with E-state index in [0.29, 0.717) is 24.4 Å². The van der Waals surface area contributed by atoms with E-state index in [1.54, 1.807) is 24.0 Å². The molecule has 21 heavy (non-hydrogen) atoms. The molecule has 0 spiro atoms. The molecule has 112 valence electrons. The summed E-state index contributed by atoms with van der Waals surface area (Å²) in [4.78, 5) is 15.5. The first-order chi connectivity index (χ1) is 10.0. The molecule has 1 saturated carbocycles. The minimum atomic E-state index is -1.15. The lowest BCUT2D eigenvalue weighted by Gasteiger charge is -2.22. The maximum absolute atomic E-state index is 11.3. The van der Waals surface area contributed by atoms with Crippen LogP contribution in [0.3, 0.4) is 0 Å². The number of nitrogens with zero attached hydrogens (tertiary/aromatic N) is 5. The van der Waals surface area contributed by atoms with Gasteiger partial charge < -0.3 is 14.8 Å². The summed E-state index contributed by atoms with van der Waals surface area (Å²) in [5.41, 5.74) is -0.662. The summed E-state index contributed by atoms with van der Waals surface area (Å²) in [5, 5.41) is 27.4. The normalized spacial score (nSPS) is 17.2. The van der Waals surface area contributed by atoms with Crippen LogP contribution in [0.4, 0.5) is 0 Å². The molecule has 1 aliphatic rings. The van der Waals surface area contributed by atoms with Crippen LogP contribution in [-0.2, 0) is 13.6 Å². The molecule has 3 rings (SSSR count). The van der Waals surface area contributed by atoms with Crippen LogP contribution < -0.4 is 0 Å². The molecule has 0 saturated heterocycles. The van der Waals surface area contributed by atoms with Gasteiger partial charge in [0.05, 0.1) is 12.1 Å². The summed E-state index contributed by atoms with van der Waals surface area (Å²) in [6.07, 6.45) is 6.62. The molecule has 2 aromatic heterocycles. The zero-order chi connectivity index (χ0) is 15.0. The third-order valence-corrected chi connectivity index (χ3v) is 3.95. The van der Waals surface area contributed by atoms with E-state index in [-0.39, 0.29) is 12.2 Å².